The van der Waals surface area contributed by atoms with Crippen LogP contribution in [-0.4, -0.2) is 41.3 Å². The maximum absolute atomic E-state index is 11.0. The molecular formula is C13H13N3O5. The van der Waals surface area contributed by atoms with Gasteiger partial charge in [-0.2, -0.15) is 5.26 Å². The standard InChI is InChI=1S/C13H13N3O5/c1-13(21-6-12(17)18)7-15(8-13)11-4-9(5-14)2-3-10(11)16(19)20/h2-4H,6-8H2,1H3,(H,17,18). The van der Waals surface area contributed by atoms with Crippen molar-refractivity contribution in [1.82, 2.24) is 0 Å². The zero-order valence-corrected chi connectivity index (χ0v) is 11.3. The van der Waals surface area contributed by atoms with E-state index >= 15 is 0 Å². The fourth-order valence-electron chi connectivity index (χ4n) is 2.26. The van der Waals surface area contributed by atoms with Crippen LogP contribution in [0.2, 0.25) is 0 Å². The Morgan fingerprint density at radius 2 is 2.29 bits per heavy atom. The molecule has 1 aliphatic heterocycles. The van der Waals surface area contributed by atoms with Crippen LogP contribution in [0, 0.1) is 21.4 Å². The monoisotopic (exact) mass is 291 g/mol. The third-order valence-corrected chi connectivity index (χ3v) is 3.24. The van der Waals surface area contributed by atoms with Gasteiger partial charge < -0.3 is 14.7 Å². The first-order valence-corrected chi connectivity index (χ1v) is 6.14. The van der Waals surface area contributed by atoms with Gasteiger partial charge in [-0.15, -0.1) is 0 Å². The van der Waals surface area contributed by atoms with E-state index in [-0.39, 0.29) is 5.69 Å². The molecule has 2 rings (SSSR count). The molecule has 110 valence electrons. The third-order valence-electron chi connectivity index (χ3n) is 3.24. The predicted molar refractivity (Wildman–Crippen MR) is 72.0 cm³/mol. The van der Waals surface area contributed by atoms with Crippen LogP contribution < -0.4 is 4.90 Å². The molecule has 1 N–H and O–H groups in total. The molecule has 1 aliphatic rings. The number of anilines is 1. The number of ether oxygens (including phenoxy) is 1. The summed E-state index contributed by atoms with van der Waals surface area (Å²) in [6.45, 7) is 1.99. The van der Waals surface area contributed by atoms with Gasteiger partial charge >= 0.3 is 5.97 Å². The second-order valence-corrected chi connectivity index (χ2v) is 5.06. The van der Waals surface area contributed by atoms with E-state index in [1.54, 1.807) is 11.8 Å². The average Bonchev–Trinajstić information content (AvgIpc) is 2.41. The minimum Gasteiger partial charge on any atom is -0.480 e. The van der Waals surface area contributed by atoms with Gasteiger partial charge in [-0.3, -0.25) is 10.1 Å². The van der Waals surface area contributed by atoms with Crippen molar-refractivity contribution in [2.45, 2.75) is 12.5 Å². The molecule has 1 saturated heterocycles. The average molecular weight is 291 g/mol. The molecule has 21 heavy (non-hydrogen) atoms. The maximum atomic E-state index is 11.0. The quantitative estimate of drug-likeness (QED) is 0.638. The van der Waals surface area contributed by atoms with Gasteiger partial charge in [0.05, 0.1) is 16.6 Å². The van der Waals surface area contributed by atoms with Crippen LogP contribution >= 0.6 is 0 Å². The molecule has 0 radical (unpaired) electrons. The molecule has 0 unspecified atom stereocenters. The molecule has 0 aromatic heterocycles. The Hall–Kier alpha value is -2.66. The molecule has 8 heteroatoms. The Balaban J connectivity index is 2.16. The number of nitrogens with zero attached hydrogens (tertiary/aromatic N) is 3. The van der Waals surface area contributed by atoms with Crippen LogP contribution in [0.1, 0.15) is 12.5 Å². The summed E-state index contributed by atoms with van der Waals surface area (Å²) in [4.78, 5) is 22.7. The second-order valence-electron chi connectivity index (χ2n) is 5.06. The molecule has 8 nitrogen and oxygen atoms in total. The van der Waals surface area contributed by atoms with E-state index in [1.165, 1.54) is 18.2 Å². The van der Waals surface area contributed by atoms with Gasteiger partial charge in [-0.25, -0.2) is 4.79 Å². The first-order valence-electron chi connectivity index (χ1n) is 6.14. The molecule has 0 bridgehead atoms. The third kappa shape index (κ3) is 3.09. The molecule has 0 atom stereocenters. The highest BCUT2D eigenvalue weighted by atomic mass is 16.6. The fraction of sp³-hybridized carbons (Fsp3) is 0.385. The molecule has 1 aromatic rings. The second kappa shape index (κ2) is 5.38. The lowest BCUT2D eigenvalue weighted by molar-refractivity contribution is -0.384. The molecule has 1 fully saturated rings. The van der Waals surface area contributed by atoms with Gasteiger partial charge in [-0.1, -0.05) is 0 Å². The number of hydrogen-bond donors (Lipinski definition) is 1. The zero-order chi connectivity index (χ0) is 15.6. The van der Waals surface area contributed by atoms with Crippen LogP contribution in [0.25, 0.3) is 0 Å². The van der Waals surface area contributed by atoms with E-state index in [2.05, 4.69) is 0 Å². The Kier molecular flexibility index (Phi) is 3.78. The minimum atomic E-state index is -1.06. The van der Waals surface area contributed by atoms with Crippen LogP contribution in [0.3, 0.4) is 0 Å². The summed E-state index contributed by atoms with van der Waals surface area (Å²) in [6, 6.07) is 6.08. The number of hydrogen-bond acceptors (Lipinski definition) is 6. The van der Waals surface area contributed by atoms with Crippen molar-refractivity contribution in [1.29, 1.82) is 5.26 Å². The van der Waals surface area contributed by atoms with Crippen molar-refractivity contribution in [3.8, 4) is 6.07 Å². The van der Waals surface area contributed by atoms with Crippen LogP contribution in [-0.2, 0) is 9.53 Å². The van der Waals surface area contributed by atoms with Gasteiger partial charge in [0.1, 0.15) is 17.9 Å². The lowest BCUT2D eigenvalue weighted by Gasteiger charge is -2.48. The van der Waals surface area contributed by atoms with Gasteiger partial charge in [0.2, 0.25) is 0 Å². The summed E-state index contributed by atoms with van der Waals surface area (Å²) in [6.07, 6.45) is 0. The molecule has 1 aromatic carbocycles. The van der Waals surface area contributed by atoms with Crippen LogP contribution in [0.15, 0.2) is 18.2 Å². The first kappa shape index (κ1) is 14.7. The van der Waals surface area contributed by atoms with Crippen molar-refractivity contribution in [2.75, 3.05) is 24.6 Å². The van der Waals surface area contributed by atoms with Gasteiger partial charge in [0.25, 0.3) is 5.69 Å². The molecule has 0 aliphatic carbocycles. The van der Waals surface area contributed by atoms with E-state index in [4.69, 9.17) is 15.1 Å². The number of rotatable bonds is 5. The number of carboxylic acid groups (broad SMARTS) is 1. The normalized spacial score (nSPS) is 15.9. The molecule has 0 saturated carbocycles. The highest BCUT2D eigenvalue weighted by Crippen LogP contribution is 2.36. The summed E-state index contributed by atoms with van der Waals surface area (Å²) in [5.41, 5.74) is -0.0741. The van der Waals surface area contributed by atoms with Crippen LogP contribution in [0.4, 0.5) is 11.4 Å². The minimum absolute atomic E-state index is 0.0886. The molecule has 0 amide bonds. The number of nitro benzene ring substituents is 1. The van der Waals surface area contributed by atoms with Gasteiger partial charge in [0.15, 0.2) is 0 Å². The number of carbonyl (C=O) groups is 1. The van der Waals surface area contributed by atoms with Crippen molar-refractivity contribution >= 4 is 17.3 Å². The smallest absolute Gasteiger partial charge is 0.329 e. The number of carboxylic acids is 1. The maximum Gasteiger partial charge on any atom is 0.329 e. The number of aliphatic carboxylic acids is 1. The summed E-state index contributed by atoms with van der Waals surface area (Å²) in [7, 11) is 0. The highest BCUT2D eigenvalue weighted by molar-refractivity contribution is 5.69. The molecular weight excluding hydrogens is 278 g/mol. The zero-order valence-electron chi connectivity index (χ0n) is 11.3. The Morgan fingerprint density at radius 1 is 1.62 bits per heavy atom. The Labute approximate surface area is 120 Å². The van der Waals surface area contributed by atoms with E-state index < -0.39 is 23.1 Å². The number of benzene rings is 1. The Bertz CT molecular complexity index is 631. The lowest BCUT2D eigenvalue weighted by Crippen LogP contribution is -2.62. The lowest BCUT2D eigenvalue weighted by atomic mass is 9.94. The van der Waals surface area contributed by atoms with Gasteiger partial charge in [0, 0.05) is 19.2 Å². The highest BCUT2D eigenvalue weighted by Gasteiger charge is 2.42. The predicted octanol–water partition coefficient (Wildman–Crippen LogP) is 1.15. The van der Waals surface area contributed by atoms with Gasteiger partial charge in [-0.05, 0) is 19.1 Å². The summed E-state index contributed by atoms with van der Waals surface area (Å²) in [5.74, 6) is -1.06. The topological polar surface area (TPSA) is 117 Å². The summed E-state index contributed by atoms with van der Waals surface area (Å²) >= 11 is 0. The molecule has 1 heterocycles. The summed E-state index contributed by atoms with van der Waals surface area (Å²) in [5, 5.41) is 28.5. The van der Waals surface area contributed by atoms with Crippen LogP contribution in [0.5, 0.6) is 0 Å². The van der Waals surface area contributed by atoms with E-state index in [1.807, 2.05) is 6.07 Å². The Morgan fingerprint density at radius 3 is 2.81 bits per heavy atom. The van der Waals surface area contributed by atoms with E-state index in [9.17, 15) is 14.9 Å². The summed E-state index contributed by atoms with van der Waals surface area (Å²) < 4.78 is 5.26. The first-order chi connectivity index (χ1) is 9.84. The van der Waals surface area contributed by atoms with E-state index in [0.29, 0.717) is 24.3 Å². The van der Waals surface area contributed by atoms with Crippen molar-refractivity contribution in [3.63, 3.8) is 0 Å². The van der Waals surface area contributed by atoms with Crippen molar-refractivity contribution in [2.24, 2.45) is 0 Å². The van der Waals surface area contributed by atoms with Crippen molar-refractivity contribution < 1.29 is 19.6 Å². The largest absolute Gasteiger partial charge is 0.480 e. The number of nitro groups is 1. The van der Waals surface area contributed by atoms with E-state index in [0.717, 1.165) is 0 Å². The fourth-order valence-corrected chi connectivity index (χ4v) is 2.26. The van der Waals surface area contributed by atoms with Crippen molar-refractivity contribution in [3.05, 3.63) is 33.9 Å². The molecule has 0 spiro atoms. The SMILES string of the molecule is CC1(OCC(=O)O)CN(c2cc(C#N)ccc2[N+](=O)[O-])C1. The number of nitriles is 1.